The number of aryl methyl sites for hydroxylation is 2. The first kappa shape index (κ1) is 22.4. The summed E-state index contributed by atoms with van der Waals surface area (Å²) >= 11 is 1.06. The van der Waals surface area contributed by atoms with Crippen molar-refractivity contribution in [1.82, 2.24) is 4.98 Å². The van der Waals surface area contributed by atoms with Gasteiger partial charge in [0, 0.05) is 22.5 Å². The Labute approximate surface area is 178 Å². The standard InChI is InChI=1S/C23H25F3N2OS/c1-4-30-14-22(29,23(24,25)26)21(17-11-8-15(2)9-12-17)28-20-7-5-6-19-18(20)13-10-16(3)27-19/h5-13,21,28-29H,4,14H2,1-3H3/t21-,22+/m0/s1. The molecule has 7 heteroatoms. The number of hydrogen-bond donors (Lipinski definition) is 2. The van der Waals surface area contributed by atoms with Crippen LogP contribution in [0.1, 0.15) is 29.8 Å². The van der Waals surface area contributed by atoms with Crippen molar-refractivity contribution in [3.05, 3.63) is 71.4 Å². The third-order valence-electron chi connectivity index (χ3n) is 5.08. The second kappa shape index (κ2) is 8.86. The van der Waals surface area contributed by atoms with E-state index >= 15 is 0 Å². The minimum Gasteiger partial charge on any atom is -0.378 e. The number of benzene rings is 2. The average Bonchev–Trinajstić information content (AvgIpc) is 2.70. The van der Waals surface area contributed by atoms with E-state index in [4.69, 9.17) is 0 Å². The maximum Gasteiger partial charge on any atom is 0.420 e. The van der Waals surface area contributed by atoms with Crippen molar-refractivity contribution in [2.24, 2.45) is 0 Å². The summed E-state index contributed by atoms with van der Waals surface area (Å²) in [6.07, 6.45) is -4.82. The summed E-state index contributed by atoms with van der Waals surface area (Å²) in [6, 6.07) is 14.3. The molecule has 0 saturated heterocycles. The van der Waals surface area contributed by atoms with Crippen LogP contribution in [0.4, 0.5) is 18.9 Å². The van der Waals surface area contributed by atoms with Gasteiger partial charge in [-0.1, -0.05) is 42.8 Å². The number of pyridine rings is 1. The number of aromatic nitrogens is 1. The van der Waals surface area contributed by atoms with E-state index in [0.29, 0.717) is 27.9 Å². The van der Waals surface area contributed by atoms with Crippen molar-refractivity contribution in [3.63, 3.8) is 0 Å². The van der Waals surface area contributed by atoms with E-state index in [0.717, 1.165) is 23.0 Å². The summed E-state index contributed by atoms with van der Waals surface area (Å²) in [5.74, 6) is -0.00284. The molecule has 0 spiro atoms. The topological polar surface area (TPSA) is 45.1 Å². The van der Waals surface area contributed by atoms with Crippen LogP contribution in [0, 0.1) is 13.8 Å². The molecule has 0 radical (unpaired) electrons. The molecule has 2 N–H and O–H groups in total. The van der Waals surface area contributed by atoms with E-state index in [2.05, 4.69) is 10.3 Å². The highest BCUT2D eigenvalue weighted by molar-refractivity contribution is 7.99. The summed E-state index contributed by atoms with van der Waals surface area (Å²) in [6.45, 7) is 5.50. The Bertz CT molecular complexity index is 1010. The molecule has 160 valence electrons. The van der Waals surface area contributed by atoms with Crippen molar-refractivity contribution in [2.45, 2.75) is 38.6 Å². The van der Waals surface area contributed by atoms with Gasteiger partial charge in [0.2, 0.25) is 0 Å². The Morgan fingerprint density at radius 3 is 2.37 bits per heavy atom. The Kier molecular flexibility index (Phi) is 6.62. The lowest BCUT2D eigenvalue weighted by molar-refractivity contribution is -0.256. The van der Waals surface area contributed by atoms with Crippen LogP contribution in [-0.2, 0) is 0 Å². The fourth-order valence-corrected chi connectivity index (χ4v) is 4.21. The predicted octanol–water partition coefficient (Wildman–Crippen LogP) is 6.05. The third kappa shape index (κ3) is 4.57. The smallest absolute Gasteiger partial charge is 0.378 e. The minimum atomic E-state index is -4.82. The molecule has 0 saturated carbocycles. The van der Waals surface area contributed by atoms with Crippen molar-refractivity contribution < 1.29 is 18.3 Å². The summed E-state index contributed by atoms with van der Waals surface area (Å²) < 4.78 is 42.6. The van der Waals surface area contributed by atoms with Crippen LogP contribution < -0.4 is 5.32 Å². The zero-order chi connectivity index (χ0) is 21.9. The maximum atomic E-state index is 14.2. The quantitative estimate of drug-likeness (QED) is 0.475. The SMILES string of the molecule is CCSC[C@@](O)([C@@H](Nc1cccc2nc(C)ccc12)c1ccc(C)cc1)C(F)(F)F. The van der Waals surface area contributed by atoms with Crippen LogP contribution in [0.25, 0.3) is 10.9 Å². The van der Waals surface area contributed by atoms with Gasteiger partial charge in [-0.05, 0) is 49.4 Å². The predicted molar refractivity (Wildman–Crippen MR) is 118 cm³/mol. The zero-order valence-corrected chi connectivity index (χ0v) is 17.9. The number of thioether (sulfide) groups is 1. The third-order valence-corrected chi connectivity index (χ3v) is 6.13. The van der Waals surface area contributed by atoms with Crippen LogP contribution in [0.15, 0.2) is 54.6 Å². The molecule has 0 fully saturated rings. The first-order valence-corrected chi connectivity index (χ1v) is 10.9. The highest BCUT2D eigenvalue weighted by atomic mass is 32.2. The minimum absolute atomic E-state index is 0.370. The van der Waals surface area contributed by atoms with Gasteiger partial charge in [-0.3, -0.25) is 4.98 Å². The number of halogens is 3. The molecular formula is C23H25F3N2OS. The highest BCUT2D eigenvalue weighted by Gasteiger charge is 2.59. The molecule has 3 rings (SSSR count). The first-order valence-electron chi connectivity index (χ1n) is 9.72. The summed E-state index contributed by atoms with van der Waals surface area (Å²) in [5.41, 5.74) is 0.343. The molecule has 0 bridgehead atoms. The molecule has 0 unspecified atom stereocenters. The van der Waals surface area contributed by atoms with Crippen LogP contribution in [0.3, 0.4) is 0 Å². The molecule has 0 aliphatic heterocycles. The molecule has 0 aliphatic carbocycles. The molecule has 2 aromatic carbocycles. The number of alkyl halides is 3. The second-order valence-electron chi connectivity index (χ2n) is 7.37. The van der Waals surface area contributed by atoms with Gasteiger partial charge in [-0.2, -0.15) is 24.9 Å². The van der Waals surface area contributed by atoms with Crippen molar-refractivity contribution in [3.8, 4) is 0 Å². The molecule has 1 heterocycles. The van der Waals surface area contributed by atoms with E-state index in [-0.39, 0.29) is 0 Å². The Morgan fingerprint density at radius 2 is 1.73 bits per heavy atom. The van der Waals surface area contributed by atoms with Gasteiger partial charge in [0.15, 0.2) is 5.60 Å². The molecule has 1 aromatic heterocycles. The zero-order valence-electron chi connectivity index (χ0n) is 17.1. The fourth-order valence-electron chi connectivity index (χ4n) is 3.36. The normalized spacial score (nSPS) is 15.0. The molecule has 3 nitrogen and oxygen atoms in total. The Balaban J connectivity index is 2.14. The number of aliphatic hydroxyl groups is 1. The number of fused-ring (bicyclic) bond motifs is 1. The van der Waals surface area contributed by atoms with Gasteiger partial charge in [-0.15, -0.1) is 0 Å². The fraction of sp³-hybridized carbons (Fsp3) is 0.348. The summed E-state index contributed by atoms with van der Waals surface area (Å²) in [7, 11) is 0. The van der Waals surface area contributed by atoms with Gasteiger partial charge in [0.1, 0.15) is 0 Å². The van der Waals surface area contributed by atoms with E-state index in [1.807, 2.05) is 32.0 Å². The highest BCUT2D eigenvalue weighted by Crippen LogP contribution is 2.44. The average molecular weight is 435 g/mol. The summed E-state index contributed by atoms with van der Waals surface area (Å²) in [5, 5.41) is 14.7. The molecule has 0 aliphatic rings. The van der Waals surface area contributed by atoms with E-state index in [9.17, 15) is 18.3 Å². The number of nitrogens with one attached hydrogen (secondary N) is 1. The lowest BCUT2D eigenvalue weighted by Crippen LogP contribution is -2.54. The summed E-state index contributed by atoms with van der Waals surface area (Å²) in [4.78, 5) is 4.46. The number of nitrogens with zero attached hydrogens (tertiary/aromatic N) is 1. The van der Waals surface area contributed by atoms with Crippen molar-refractivity contribution in [1.29, 1.82) is 0 Å². The molecular weight excluding hydrogens is 409 g/mol. The molecule has 30 heavy (non-hydrogen) atoms. The van der Waals surface area contributed by atoms with Gasteiger partial charge >= 0.3 is 6.18 Å². The van der Waals surface area contributed by atoms with Gasteiger partial charge in [0.05, 0.1) is 11.6 Å². The molecule has 0 amide bonds. The number of anilines is 1. The largest absolute Gasteiger partial charge is 0.420 e. The Hall–Kier alpha value is -2.25. The van der Waals surface area contributed by atoms with Crippen molar-refractivity contribution >= 4 is 28.4 Å². The molecule has 3 aromatic rings. The van der Waals surface area contributed by atoms with E-state index in [1.165, 1.54) is 0 Å². The van der Waals surface area contributed by atoms with E-state index < -0.39 is 23.6 Å². The second-order valence-corrected chi connectivity index (χ2v) is 8.65. The lowest BCUT2D eigenvalue weighted by Gasteiger charge is -2.39. The monoisotopic (exact) mass is 434 g/mol. The van der Waals surface area contributed by atoms with Crippen LogP contribution >= 0.6 is 11.8 Å². The first-order chi connectivity index (χ1) is 14.2. The van der Waals surface area contributed by atoms with Gasteiger partial charge in [0.25, 0.3) is 0 Å². The van der Waals surface area contributed by atoms with Gasteiger partial charge in [-0.25, -0.2) is 0 Å². The van der Waals surface area contributed by atoms with E-state index in [1.54, 1.807) is 43.3 Å². The van der Waals surface area contributed by atoms with Crippen LogP contribution in [-0.4, -0.2) is 33.4 Å². The maximum absolute atomic E-state index is 14.2. The number of rotatable bonds is 7. The Morgan fingerprint density at radius 1 is 1.03 bits per heavy atom. The van der Waals surface area contributed by atoms with Crippen LogP contribution in [0.2, 0.25) is 0 Å². The van der Waals surface area contributed by atoms with Gasteiger partial charge < -0.3 is 10.4 Å². The van der Waals surface area contributed by atoms with Crippen LogP contribution in [0.5, 0.6) is 0 Å². The number of hydrogen-bond acceptors (Lipinski definition) is 4. The lowest BCUT2D eigenvalue weighted by atomic mass is 9.88. The molecule has 2 atom stereocenters. The van der Waals surface area contributed by atoms with Crippen molar-refractivity contribution in [2.75, 3.05) is 16.8 Å².